The van der Waals surface area contributed by atoms with Gasteiger partial charge >= 0.3 is 6.03 Å². The number of pyridine rings is 1. The number of urea groups is 1. The molecule has 0 saturated carbocycles. The maximum Gasteiger partial charge on any atom is 0.320 e. The number of para-hydroxylation sites is 1. The van der Waals surface area contributed by atoms with E-state index in [2.05, 4.69) is 15.6 Å². The van der Waals surface area contributed by atoms with Crippen LogP contribution in [-0.2, 0) is 0 Å². The van der Waals surface area contributed by atoms with Crippen LogP contribution in [0.25, 0.3) is 16.9 Å². The fourth-order valence-electron chi connectivity index (χ4n) is 4.79. The predicted molar refractivity (Wildman–Crippen MR) is 135 cm³/mol. The normalized spacial score (nSPS) is 17.6. The van der Waals surface area contributed by atoms with Gasteiger partial charge in [-0.1, -0.05) is 24.3 Å². The van der Waals surface area contributed by atoms with Crippen molar-refractivity contribution in [2.45, 2.75) is 25.4 Å². The minimum absolute atomic E-state index is 0.0984. The first-order valence-corrected chi connectivity index (χ1v) is 11.8. The van der Waals surface area contributed by atoms with Gasteiger partial charge in [-0.2, -0.15) is 5.10 Å². The van der Waals surface area contributed by atoms with Crippen LogP contribution in [-0.4, -0.2) is 50.4 Å². The van der Waals surface area contributed by atoms with Gasteiger partial charge in [-0.15, -0.1) is 0 Å². The van der Waals surface area contributed by atoms with Crippen molar-refractivity contribution in [3.05, 3.63) is 89.6 Å². The molecule has 37 heavy (non-hydrogen) atoms. The van der Waals surface area contributed by atoms with Crippen LogP contribution in [0.1, 0.15) is 23.6 Å². The summed E-state index contributed by atoms with van der Waals surface area (Å²) < 4.78 is 29.1. The average molecular weight is 505 g/mol. The van der Waals surface area contributed by atoms with E-state index < -0.39 is 17.7 Å². The van der Waals surface area contributed by atoms with Crippen LogP contribution in [0.15, 0.2) is 66.9 Å². The highest BCUT2D eigenvalue weighted by Gasteiger charge is 2.35. The minimum atomic E-state index is -0.917. The van der Waals surface area contributed by atoms with Crippen molar-refractivity contribution in [2.75, 3.05) is 18.9 Å². The number of likely N-dealkylation sites (N-methyl/N-ethyl adjacent to an activating group) is 1. The zero-order valence-corrected chi connectivity index (χ0v) is 20.3. The van der Waals surface area contributed by atoms with Crippen molar-refractivity contribution in [1.29, 1.82) is 0 Å². The molecule has 190 valence electrons. The molecule has 2 aromatic heterocycles. The Balaban J connectivity index is 1.43. The fraction of sp³-hybridized carbons (Fsp3) is 0.222. The number of aromatic nitrogens is 3. The third kappa shape index (κ3) is 4.88. The molecule has 3 N–H and O–H groups in total. The fourth-order valence-corrected chi connectivity index (χ4v) is 4.79. The zero-order chi connectivity index (χ0) is 26.1. The van der Waals surface area contributed by atoms with Crippen molar-refractivity contribution >= 4 is 11.8 Å². The molecule has 5 rings (SSSR count). The van der Waals surface area contributed by atoms with Crippen LogP contribution in [0.3, 0.4) is 0 Å². The molecule has 0 unspecified atom stereocenters. The lowest BCUT2D eigenvalue weighted by molar-refractivity contribution is 0.240. The molecule has 4 aromatic rings. The first-order valence-electron chi connectivity index (χ1n) is 11.8. The number of aromatic hydroxyl groups is 1. The number of hydrogen-bond donors (Lipinski definition) is 3. The maximum atomic E-state index is 13.9. The lowest BCUT2D eigenvalue weighted by atomic mass is 10.00. The molecule has 3 heterocycles. The van der Waals surface area contributed by atoms with Gasteiger partial charge in [0.05, 0.1) is 23.5 Å². The van der Waals surface area contributed by atoms with Gasteiger partial charge in [0.2, 0.25) is 5.88 Å². The molecule has 0 bridgehead atoms. The largest absolute Gasteiger partial charge is 0.493 e. The Morgan fingerprint density at radius 2 is 1.86 bits per heavy atom. The average Bonchev–Trinajstić information content (AvgIpc) is 3.41. The number of halogens is 2. The van der Waals surface area contributed by atoms with Gasteiger partial charge in [-0.3, -0.25) is 10.2 Å². The monoisotopic (exact) mass is 504 g/mol. The van der Waals surface area contributed by atoms with Crippen molar-refractivity contribution in [3.63, 3.8) is 0 Å². The number of amides is 2. The summed E-state index contributed by atoms with van der Waals surface area (Å²) in [6.45, 7) is 2.53. The summed E-state index contributed by atoms with van der Waals surface area (Å²) in [6, 6.07) is 15.3. The molecule has 1 aliphatic rings. The number of nitrogens with one attached hydrogen (secondary N) is 2. The molecule has 1 aliphatic heterocycles. The molecule has 0 radical (unpaired) electrons. The van der Waals surface area contributed by atoms with Gasteiger partial charge in [0, 0.05) is 29.9 Å². The molecule has 2 amide bonds. The second-order valence-corrected chi connectivity index (χ2v) is 9.07. The molecule has 1 fully saturated rings. The molecule has 2 atom stereocenters. The van der Waals surface area contributed by atoms with Gasteiger partial charge in [0.1, 0.15) is 5.82 Å². The molecule has 0 aliphatic carbocycles. The molecular weight excluding hydrogens is 478 g/mol. The Labute approximate surface area is 212 Å². The van der Waals surface area contributed by atoms with Crippen LogP contribution in [0, 0.1) is 18.6 Å². The van der Waals surface area contributed by atoms with Gasteiger partial charge in [0.15, 0.2) is 11.6 Å². The third-order valence-electron chi connectivity index (χ3n) is 6.63. The second kappa shape index (κ2) is 9.98. The summed E-state index contributed by atoms with van der Waals surface area (Å²) in [4.78, 5) is 19.2. The highest BCUT2D eigenvalue weighted by Crippen LogP contribution is 2.33. The number of anilines is 1. The maximum absolute atomic E-state index is 13.9. The Hall–Kier alpha value is -4.31. The summed E-state index contributed by atoms with van der Waals surface area (Å²) in [5.41, 5.74) is 3.35. The number of rotatable bonds is 5. The quantitative estimate of drug-likeness (QED) is 0.363. The van der Waals surface area contributed by atoms with Crippen molar-refractivity contribution in [3.8, 4) is 22.8 Å². The van der Waals surface area contributed by atoms with Crippen LogP contribution < -0.4 is 10.6 Å². The van der Waals surface area contributed by atoms with Crippen molar-refractivity contribution in [1.82, 2.24) is 25.0 Å². The highest BCUT2D eigenvalue weighted by atomic mass is 19.2. The van der Waals surface area contributed by atoms with E-state index in [9.17, 15) is 18.7 Å². The molecule has 2 aromatic carbocycles. The van der Waals surface area contributed by atoms with E-state index in [1.165, 1.54) is 18.3 Å². The van der Waals surface area contributed by atoms with Crippen LogP contribution >= 0.6 is 0 Å². The van der Waals surface area contributed by atoms with Crippen molar-refractivity contribution in [2.24, 2.45) is 0 Å². The SMILES string of the molecule is Cc1c(-c2ccc(O)nc2)nn(-c2ccccc2)c1NC(=O)N[C@@H]1CCN(C)[C@H]1c1ccc(F)c(F)c1. The molecule has 8 nitrogen and oxygen atoms in total. The summed E-state index contributed by atoms with van der Waals surface area (Å²) in [7, 11) is 1.89. The van der Waals surface area contributed by atoms with E-state index in [-0.39, 0.29) is 18.0 Å². The first kappa shape index (κ1) is 24.4. The highest BCUT2D eigenvalue weighted by molar-refractivity contribution is 5.91. The predicted octanol–water partition coefficient (Wildman–Crippen LogP) is 4.79. The number of likely N-dealkylation sites (tertiary alicyclic amines) is 1. The summed E-state index contributed by atoms with van der Waals surface area (Å²) in [5, 5.41) is 20.2. The minimum Gasteiger partial charge on any atom is -0.493 e. The first-order chi connectivity index (χ1) is 17.8. The summed E-state index contributed by atoms with van der Waals surface area (Å²) in [5.74, 6) is -1.45. The van der Waals surface area contributed by atoms with Gasteiger partial charge < -0.3 is 10.4 Å². The number of hydrogen-bond acceptors (Lipinski definition) is 5. The molecule has 1 saturated heterocycles. The number of benzene rings is 2. The summed E-state index contributed by atoms with van der Waals surface area (Å²) in [6.07, 6.45) is 2.17. The number of carbonyl (C=O) groups is 1. The van der Waals surface area contributed by atoms with E-state index in [1.54, 1.807) is 16.8 Å². The Kier molecular flexibility index (Phi) is 6.58. The number of nitrogens with zero attached hydrogens (tertiary/aromatic N) is 4. The zero-order valence-electron chi connectivity index (χ0n) is 20.3. The van der Waals surface area contributed by atoms with E-state index in [0.717, 1.165) is 11.8 Å². The van der Waals surface area contributed by atoms with E-state index in [1.807, 2.05) is 49.2 Å². The molecule has 10 heteroatoms. The molecule has 0 spiro atoms. The number of carbonyl (C=O) groups excluding carboxylic acids is 1. The van der Waals surface area contributed by atoms with Crippen LogP contribution in [0.4, 0.5) is 19.4 Å². The van der Waals surface area contributed by atoms with Gasteiger partial charge in [-0.05, 0) is 56.3 Å². The Morgan fingerprint density at radius 3 is 2.57 bits per heavy atom. The summed E-state index contributed by atoms with van der Waals surface area (Å²) >= 11 is 0. The van der Waals surface area contributed by atoms with E-state index in [0.29, 0.717) is 41.2 Å². The standard InChI is InChI=1S/C27H26F2N6O2/c1-16-24(18-9-11-23(36)30-15-18)33-35(19-6-4-3-5-7-19)26(16)32-27(37)31-22-12-13-34(2)25(22)17-8-10-20(28)21(29)14-17/h3-11,14-15,22,25H,12-13H2,1-2H3,(H,30,36)(H2,31,32,37)/t22-,25+/m1/s1. The van der Waals surface area contributed by atoms with Crippen molar-refractivity contribution < 1.29 is 18.7 Å². The Morgan fingerprint density at radius 1 is 1.08 bits per heavy atom. The van der Waals surface area contributed by atoms with Gasteiger partial charge in [-0.25, -0.2) is 23.2 Å². The van der Waals surface area contributed by atoms with E-state index in [4.69, 9.17) is 5.10 Å². The van der Waals surface area contributed by atoms with Crippen LogP contribution in [0.2, 0.25) is 0 Å². The third-order valence-corrected chi connectivity index (χ3v) is 6.63. The molecular formula is C27H26F2N6O2. The van der Waals surface area contributed by atoms with Crippen LogP contribution in [0.5, 0.6) is 5.88 Å². The topological polar surface area (TPSA) is 95.3 Å². The lowest BCUT2D eigenvalue weighted by Gasteiger charge is -2.26. The smallest absolute Gasteiger partial charge is 0.320 e. The van der Waals surface area contributed by atoms with E-state index >= 15 is 0 Å². The van der Waals surface area contributed by atoms with Gasteiger partial charge in [0.25, 0.3) is 0 Å². The Bertz CT molecular complexity index is 1430. The second-order valence-electron chi connectivity index (χ2n) is 9.07. The lowest BCUT2D eigenvalue weighted by Crippen LogP contribution is -2.41.